The first-order valence-electron chi connectivity index (χ1n) is 10.1. The summed E-state index contributed by atoms with van der Waals surface area (Å²) in [6, 6.07) is 12.9. The van der Waals surface area contributed by atoms with E-state index in [2.05, 4.69) is 15.8 Å². The van der Waals surface area contributed by atoms with E-state index in [-0.39, 0.29) is 19.0 Å². The number of rotatable bonds is 5. The number of aromatic nitrogens is 1. The summed E-state index contributed by atoms with van der Waals surface area (Å²) in [5.41, 5.74) is 2.60. The summed E-state index contributed by atoms with van der Waals surface area (Å²) in [7, 11) is 1.30. The van der Waals surface area contributed by atoms with Crippen molar-refractivity contribution < 1.29 is 24.0 Å². The zero-order valence-corrected chi connectivity index (χ0v) is 17.6. The van der Waals surface area contributed by atoms with Crippen LogP contribution in [0.5, 0.6) is 0 Å². The Morgan fingerprint density at radius 3 is 2.78 bits per heavy atom. The number of carboxylic acid groups (broad SMARTS) is 1. The summed E-state index contributed by atoms with van der Waals surface area (Å²) in [5.74, 6) is -0.902. The molecule has 0 saturated carbocycles. The number of nitrogens with one attached hydrogen (secondary N) is 2. The third-order valence-corrected chi connectivity index (χ3v) is 5.59. The van der Waals surface area contributed by atoms with Gasteiger partial charge in [-0.05, 0) is 31.2 Å². The first kappa shape index (κ1) is 21.2. The SMILES string of the molecule is C[C@@H](C(=O)N[C@H]1CNc2ccccc2N(Cc2noc3ccccc23)C1=O)N(C)C(=O)O. The topological polar surface area (TPSA) is 128 Å². The second-order valence-electron chi connectivity index (χ2n) is 7.58. The van der Waals surface area contributed by atoms with Crippen LogP contribution in [-0.2, 0) is 16.1 Å². The lowest BCUT2D eigenvalue weighted by molar-refractivity contribution is -0.129. The molecule has 10 heteroatoms. The van der Waals surface area contributed by atoms with Crippen LogP contribution in [0.3, 0.4) is 0 Å². The van der Waals surface area contributed by atoms with Gasteiger partial charge >= 0.3 is 6.09 Å². The molecule has 2 aromatic carbocycles. The molecule has 10 nitrogen and oxygen atoms in total. The molecule has 0 unspecified atom stereocenters. The lowest BCUT2D eigenvalue weighted by Crippen LogP contribution is -2.55. The van der Waals surface area contributed by atoms with Crippen molar-refractivity contribution in [3.8, 4) is 0 Å². The Kier molecular flexibility index (Phi) is 5.67. The molecule has 2 heterocycles. The van der Waals surface area contributed by atoms with E-state index in [0.29, 0.717) is 17.0 Å². The average molecular weight is 437 g/mol. The molecule has 0 saturated heterocycles. The predicted octanol–water partition coefficient (Wildman–Crippen LogP) is 2.27. The molecular formula is C22H23N5O5. The van der Waals surface area contributed by atoms with Crippen molar-refractivity contribution in [3.63, 3.8) is 0 Å². The van der Waals surface area contributed by atoms with Crippen molar-refractivity contribution in [1.29, 1.82) is 0 Å². The molecular weight excluding hydrogens is 414 g/mol. The molecule has 0 fully saturated rings. The summed E-state index contributed by atoms with van der Waals surface area (Å²) in [6.07, 6.45) is -1.23. The van der Waals surface area contributed by atoms with E-state index in [9.17, 15) is 14.4 Å². The second kappa shape index (κ2) is 8.58. The fourth-order valence-corrected chi connectivity index (χ4v) is 3.58. The quantitative estimate of drug-likeness (QED) is 0.559. The van der Waals surface area contributed by atoms with Gasteiger partial charge in [-0.15, -0.1) is 0 Å². The molecule has 0 spiro atoms. The first-order chi connectivity index (χ1) is 15.4. The van der Waals surface area contributed by atoms with Gasteiger partial charge in [0.05, 0.1) is 17.9 Å². The number of likely N-dealkylation sites (N-methyl/N-ethyl adjacent to an activating group) is 1. The Labute approximate surface area is 183 Å². The summed E-state index contributed by atoms with van der Waals surface area (Å²) in [6.45, 7) is 1.76. The maximum atomic E-state index is 13.5. The van der Waals surface area contributed by atoms with Crippen LogP contribution in [0, 0.1) is 0 Å². The van der Waals surface area contributed by atoms with E-state index >= 15 is 0 Å². The normalized spacial score (nSPS) is 16.6. The summed E-state index contributed by atoms with van der Waals surface area (Å²) in [4.78, 5) is 39.8. The smallest absolute Gasteiger partial charge is 0.407 e. The number of carbonyl (C=O) groups is 3. The highest BCUT2D eigenvalue weighted by Gasteiger charge is 2.34. The van der Waals surface area contributed by atoms with Gasteiger partial charge in [0.15, 0.2) is 5.58 Å². The number of benzene rings is 2. The van der Waals surface area contributed by atoms with E-state index in [1.54, 1.807) is 11.0 Å². The lowest BCUT2D eigenvalue weighted by Gasteiger charge is -2.27. The number of amides is 3. The van der Waals surface area contributed by atoms with Crippen LogP contribution in [0.15, 0.2) is 53.1 Å². The van der Waals surface area contributed by atoms with E-state index in [1.807, 2.05) is 42.5 Å². The summed E-state index contributed by atoms with van der Waals surface area (Å²) in [5, 5.41) is 20.0. The molecule has 0 aliphatic carbocycles. The van der Waals surface area contributed by atoms with Crippen LogP contribution in [0.25, 0.3) is 11.0 Å². The van der Waals surface area contributed by atoms with Crippen molar-refractivity contribution in [3.05, 3.63) is 54.2 Å². The van der Waals surface area contributed by atoms with Crippen molar-refractivity contribution >= 4 is 40.3 Å². The maximum absolute atomic E-state index is 13.5. The van der Waals surface area contributed by atoms with Crippen molar-refractivity contribution in [2.75, 3.05) is 23.8 Å². The molecule has 3 amide bonds. The Morgan fingerprint density at radius 1 is 1.28 bits per heavy atom. The number of carbonyl (C=O) groups excluding carboxylic acids is 2. The van der Waals surface area contributed by atoms with Crippen molar-refractivity contribution in [2.24, 2.45) is 0 Å². The molecule has 1 aliphatic rings. The molecule has 1 aromatic heterocycles. The standard InChI is InChI=1S/C22H23N5O5/c1-13(26(2)22(30)31)20(28)24-16-11-23-15-8-4-5-9-18(15)27(21(16)29)12-17-14-7-3-6-10-19(14)32-25-17/h3-10,13,16,23H,11-12H2,1-2H3,(H,24,28)(H,30,31)/t13-,16-/m0/s1. The predicted molar refractivity (Wildman–Crippen MR) is 117 cm³/mol. The van der Waals surface area contributed by atoms with E-state index in [1.165, 1.54) is 14.0 Å². The molecule has 2 atom stereocenters. The molecule has 1 aliphatic heterocycles. The van der Waals surface area contributed by atoms with Crippen LogP contribution in [0.4, 0.5) is 16.2 Å². The summed E-state index contributed by atoms with van der Waals surface area (Å²) < 4.78 is 5.38. The molecule has 4 rings (SSSR count). The Balaban J connectivity index is 1.63. The minimum Gasteiger partial charge on any atom is -0.465 e. The zero-order valence-electron chi connectivity index (χ0n) is 17.6. The molecule has 3 N–H and O–H groups in total. The van der Waals surface area contributed by atoms with Gasteiger partial charge in [0.1, 0.15) is 17.8 Å². The van der Waals surface area contributed by atoms with Crippen molar-refractivity contribution in [2.45, 2.75) is 25.6 Å². The third kappa shape index (κ3) is 3.94. The van der Waals surface area contributed by atoms with Gasteiger partial charge in [-0.3, -0.25) is 14.5 Å². The third-order valence-electron chi connectivity index (χ3n) is 5.59. The fourth-order valence-electron chi connectivity index (χ4n) is 3.58. The monoisotopic (exact) mass is 437 g/mol. The zero-order chi connectivity index (χ0) is 22.8. The van der Waals surface area contributed by atoms with Crippen LogP contribution in [-0.4, -0.2) is 58.7 Å². The minimum absolute atomic E-state index is 0.144. The maximum Gasteiger partial charge on any atom is 0.407 e. The van der Waals surface area contributed by atoms with Gasteiger partial charge in [0.25, 0.3) is 5.91 Å². The molecule has 166 valence electrons. The van der Waals surface area contributed by atoms with Crippen LogP contribution in [0.2, 0.25) is 0 Å². The van der Waals surface area contributed by atoms with E-state index in [0.717, 1.165) is 16.0 Å². The fraction of sp³-hybridized carbons (Fsp3) is 0.273. The Bertz CT molecular complexity index is 1180. The number of nitrogens with zero attached hydrogens (tertiary/aromatic N) is 3. The van der Waals surface area contributed by atoms with Gasteiger partial charge in [-0.25, -0.2) is 4.79 Å². The van der Waals surface area contributed by atoms with Crippen LogP contribution >= 0.6 is 0 Å². The highest BCUT2D eigenvalue weighted by Crippen LogP contribution is 2.31. The van der Waals surface area contributed by atoms with Gasteiger partial charge in [-0.1, -0.05) is 29.4 Å². The number of anilines is 2. The minimum atomic E-state index is -1.23. The number of para-hydroxylation sites is 3. The number of fused-ring (bicyclic) bond motifs is 2. The van der Waals surface area contributed by atoms with E-state index < -0.39 is 24.1 Å². The van der Waals surface area contributed by atoms with Gasteiger partial charge in [0, 0.05) is 19.0 Å². The van der Waals surface area contributed by atoms with Crippen LogP contribution < -0.4 is 15.5 Å². The number of hydrogen-bond donors (Lipinski definition) is 3. The Morgan fingerprint density at radius 2 is 2.00 bits per heavy atom. The second-order valence-corrected chi connectivity index (χ2v) is 7.58. The average Bonchev–Trinajstić information content (AvgIpc) is 3.16. The molecule has 0 bridgehead atoms. The largest absolute Gasteiger partial charge is 0.465 e. The first-order valence-corrected chi connectivity index (χ1v) is 10.1. The highest BCUT2D eigenvalue weighted by molar-refractivity contribution is 6.03. The molecule has 32 heavy (non-hydrogen) atoms. The van der Waals surface area contributed by atoms with Gasteiger partial charge in [-0.2, -0.15) is 0 Å². The lowest BCUT2D eigenvalue weighted by atomic mass is 10.1. The van der Waals surface area contributed by atoms with Crippen LogP contribution in [0.1, 0.15) is 12.6 Å². The summed E-state index contributed by atoms with van der Waals surface area (Å²) >= 11 is 0. The molecule has 3 aromatic rings. The van der Waals surface area contributed by atoms with Gasteiger partial charge in [0.2, 0.25) is 5.91 Å². The van der Waals surface area contributed by atoms with Crippen molar-refractivity contribution in [1.82, 2.24) is 15.4 Å². The molecule has 0 radical (unpaired) electrons. The van der Waals surface area contributed by atoms with Gasteiger partial charge < -0.3 is 25.2 Å². The van der Waals surface area contributed by atoms with E-state index in [4.69, 9.17) is 9.63 Å². The number of hydrogen-bond acceptors (Lipinski definition) is 6. The highest BCUT2D eigenvalue weighted by atomic mass is 16.5. The Hall–Kier alpha value is -4.08.